The number of pyridine rings is 1. The Morgan fingerprint density at radius 1 is 1.62 bits per heavy atom. The first-order valence-corrected chi connectivity index (χ1v) is 6.43. The number of nitrogens with zero attached hydrogens (tertiary/aromatic N) is 1. The molecule has 86 valence electrons. The van der Waals surface area contributed by atoms with Crippen molar-refractivity contribution in [1.82, 2.24) is 10.3 Å². The van der Waals surface area contributed by atoms with E-state index in [1.807, 2.05) is 11.8 Å². The second kappa shape index (κ2) is 4.33. The Kier molecular flexibility index (Phi) is 3.05. The van der Waals surface area contributed by atoms with Gasteiger partial charge in [0.05, 0.1) is 11.9 Å². The summed E-state index contributed by atoms with van der Waals surface area (Å²) in [6.45, 7) is 0.721. The monoisotopic (exact) mass is 237 g/mol. The van der Waals surface area contributed by atoms with Crippen LogP contribution in [0.5, 0.6) is 0 Å². The molecule has 1 aliphatic carbocycles. The Balaban J connectivity index is 1.91. The van der Waals surface area contributed by atoms with Crippen molar-refractivity contribution in [3.8, 4) is 0 Å². The Labute approximate surface area is 99.0 Å². The molecule has 1 aromatic rings. The molecule has 1 heterocycles. The summed E-state index contributed by atoms with van der Waals surface area (Å²) in [6, 6.07) is 3.33. The highest BCUT2D eigenvalue weighted by Gasteiger charge is 2.41. The van der Waals surface area contributed by atoms with Crippen LogP contribution in [0.15, 0.2) is 18.3 Å². The van der Waals surface area contributed by atoms with E-state index in [4.69, 9.17) is 5.73 Å². The van der Waals surface area contributed by atoms with Gasteiger partial charge in [0, 0.05) is 11.3 Å². The molecule has 16 heavy (non-hydrogen) atoms. The zero-order valence-corrected chi connectivity index (χ0v) is 10.0. The topological polar surface area (TPSA) is 68.0 Å². The highest BCUT2D eigenvalue weighted by Crippen LogP contribution is 2.46. The van der Waals surface area contributed by atoms with Gasteiger partial charge in [0.1, 0.15) is 5.69 Å². The third kappa shape index (κ3) is 2.47. The highest BCUT2D eigenvalue weighted by molar-refractivity contribution is 8.00. The molecule has 0 aromatic carbocycles. The van der Waals surface area contributed by atoms with Gasteiger partial charge in [-0.25, -0.2) is 4.98 Å². The molecule has 1 fully saturated rings. The Morgan fingerprint density at radius 3 is 2.88 bits per heavy atom. The molecule has 0 spiro atoms. The van der Waals surface area contributed by atoms with Crippen LogP contribution in [0.3, 0.4) is 0 Å². The van der Waals surface area contributed by atoms with Crippen LogP contribution in [0.25, 0.3) is 0 Å². The van der Waals surface area contributed by atoms with Crippen LogP contribution < -0.4 is 11.1 Å². The number of amides is 1. The van der Waals surface area contributed by atoms with Crippen molar-refractivity contribution in [3.63, 3.8) is 0 Å². The van der Waals surface area contributed by atoms with Gasteiger partial charge in [-0.1, -0.05) is 0 Å². The van der Waals surface area contributed by atoms with Gasteiger partial charge in [-0.15, -0.1) is 0 Å². The first-order chi connectivity index (χ1) is 7.65. The maximum Gasteiger partial charge on any atom is 0.269 e. The molecule has 1 amide bonds. The van der Waals surface area contributed by atoms with Crippen molar-refractivity contribution in [2.45, 2.75) is 17.6 Å². The zero-order valence-electron chi connectivity index (χ0n) is 9.19. The number of thioether (sulfide) groups is 1. The highest BCUT2D eigenvalue weighted by atomic mass is 32.2. The van der Waals surface area contributed by atoms with E-state index in [-0.39, 0.29) is 10.7 Å². The molecule has 0 unspecified atom stereocenters. The number of nitrogens with two attached hydrogens (primary N) is 1. The lowest BCUT2D eigenvalue weighted by atomic mass is 10.3. The number of anilines is 1. The molecule has 5 heteroatoms. The first kappa shape index (κ1) is 11.3. The van der Waals surface area contributed by atoms with Gasteiger partial charge >= 0.3 is 0 Å². The average Bonchev–Trinajstić information content (AvgIpc) is 3.08. The molecular weight excluding hydrogens is 222 g/mol. The molecule has 0 bridgehead atoms. The lowest BCUT2D eigenvalue weighted by molar-refractivity contribution is 0.0948. The minimum atomic E-state index is -0.125. The summed E-state index contributed by atoms with van der Waals surface area (Å²) in [5, 5.41) is 2.91. The van der Waals surface area contributed by atoms with Crippen LogP contribution in [-0.4, -0.2) is 28.4 Å². The first-order valence-electron chi connectivity index (χ1n) is 5.20. The number of hydrogen-bond donors (Lipinski definition) is 2. The molecule has 0 radical (unpaired) electrons. The van der Waals surface area contributed by atoms with E-state index in [1.54, 1.807) is 12.1 Å². The van der Waals surface area contributed by atoms with E-state index in [1.165, 1.54) is 19.0 Å². The number of hydrogen-bond acceptors (Lipinski definition) is 4. The predicted molar refractivity (Wildman–Crippen MR) is 66.5 cm³/mol. The maximum atomic E-state index is 11.7. The van der Waals surface area contributed by atoms with Crippen LogP contribution in [0.4, 0.5) is 5.69 Å². The standard InChI is InChI=1S/C11H15N3OS/c1-16-11(4-5-11)7-14-10(15)9-3-2-8(12)6-13-9/h2-3,6H,4-5,7,12H2,1H3,(H,14,15). The van der Waals surface area contributed by atoms with Crippen molar-refractivity contribution < 1.29 is 4.79 Å². The van der Waals surface area contributed by atoms with Gasteiger partial charge < -0.3 is 11.1 Å². The Morgan fingerprint density at radius 2 is 2.38 bits per heavy atom. The van der Waals surface area contributed by atoms with Gasteiger partial charge in [-0.2, -0.15) is 11.8 Å². The normalized spacial score (nSPS) is 16.8. The van der Waals surface area contributed by atoms with Crippen LogP contribution in [0.1, 0.15) is 23.3 Å². The molecule has 1 aliphatic rings. The SMILES string of the molecule is CSC1(CNC(=O)c2ccc(N)cn2)CC1. The minimum absolute atomic E-state index is 0.125. The largest absolute Gasteiger partial charge is 0.397 e. The molecule has 0 saturated heterocycles. The van der Waals surface area contributed by atoms with Crippen molar-refractivity contribution in [3.05, 3.63) is 24.0 Å². The quantitative estimate of drug-likeness (QED) is 0.828. The summed E-state index contributed by atoms with van der Waals surface area (Å²) < 4.78 is 0.281. The maximum absolute atomic E-state index is 11.7. The lowest BCUT2D eigenvalue weighted by Crippen LogP contribution is -2.32. The summed E-state index contributed by atoms with van der Waals surface area (Å²) >= 11 is 1.82. The van der Waals surface area contributed by atoms with Crippen molar-refractivity contribution in [2.24, 2.45) is 0 Å². The van der Waals surface area contributed by atoms with E-state index < -0.39 is 0 Å². The summed E-state index contributed by atoms with van der Waals surface area (Å²) in [5.41, 5.74) is 6.50. The molecule has 2 rings (SSSR count). The number of carbonyl (C=O) groups excluding carboxylic acids is 1. The zero-order chi connectivity index (χ0) is 11.6. The minimum Gasteiger partial charge on any atom is -0.397 e. The van der Waals surface area contributed by atoms with Gasteiger partial charge in [0.2, 0.25) is 0 Å². The number of carbonyl (C=O) groups is 1. The number of aromatic nitrogens is 1. The third-order valence-corrected chi connectivity index (χ3v) is 4.25. The van der Waals surface area contributed by atoms with E-state index >= 15 is 0 Å². The number of rotatable bonds is 4. The molecule has 1 saturated carbocycles. The van der Waals surface area contributed by atoms with E-state index in [2.05, 4.69) is 16.6 Å². The molecule has 4 nitrogen and oxygen atoms in total. The number of nitrogen functional groups attached to an aromatic ring is 1. The van der Waals surface area contributed by atoms with Crippen LogP contribution in [-0.2, 0) is 0 Å². The van der Waals surface area contributed by atoms with Crippen molar-refractivity contribution in [2.75, 3.05) is 18.5 Å². The smallest absolute Gasteiger partial charge is 0.269 e. The van der Waals surface area contributed by atoms with Crippen molar-refractivity contribution in [1.29, 1.82) is 0 Å². The van der Waals surface area contributed by atoms with Crippen LogP contribution in [0, 0.1) is 0 Å². The molecular formula is C11H15N3OS. The summed E-state index contributed by atoms with van der Waals surface area (Å²) in [7, 11) is 0. The fourth-order valence-corrected chi connectivity index (χ4v) is 2.19. The molecule has 1 aromatic heterocycles. The fourth-order valence-electron chi connectivity index (χ4n) is 1.46. The predicted octanol–water partition coefficient (Wildman–Crippen LogP) is 1.29. The lowest BCUT2D eigenvalue weighted by Gasteiger charge is -2.12. The number of nitrogens with one attached hydrogen (secondary N) is 1. The van der Waals surface area contributed by atoms with E-state index in [0.717, 1.165) is 6.54 Å². The van der Waals surface area contributed by atoms with Gasteiger partial charge in [0.15, 0.2) is 0 Å². The van der Waals surface area contributed by atoms with Gasteiger partial charge in [-0.05, 0) is 31.2 Å². The Hall–Kier alpha value is -1.23. The summed E-state index contributed by atoms with van der Waals surface area (Å²) in [4.78, 5) is 15.7. The average molecular weight is 237 g/mol. The Bertz CT molecular complexity index is 387. The van der Waals surface area contributed by atoms with Gasteiger partial charge in [-0.3, -0.25) is 4.79 Å². The summed E-state index contributed by atoms with van der Waals surface area (Å²) in [5.74, 6) is -0.125. The van der Waals surface area contributed by atoms with Crippen LogP contribution in [0.2, 0.25) is 0 Å². The third-order valence-electron chi connectivity index (χ3n) is 2.83. The molecule has 0 atom stereocenters. The van der Waals surface area contributed by atoms with E-state index in [0.29, 0.717) is 11.4 Å². The van der Waals surface area contributed by atoms with Gasteiger partial charge in [0.25, 0.3) is 5.91 Å². The van der Waals surface area contributed by atoms with Crippen molar-refractivity contribution >= 4 is 23.4 Å². The second-order valence-corrected chi connectivity index (χ2v) is 5.32. The second-order valence-electron chi connectivity index (χ2n) is 4.05. The van der Waals surface area contributed by atoms with Crippen LogP contribution >= 0.6 is 11.8 Å². The molecule has 0 aliphatic heterocycles. The summed E-state index contributed by atoms with van der Waals surface area (Å²) in [6.07, 6.45) is 5.95. The fraction of sp³-hybridized carbons (Fsp3) is 0.455. The van der Waals surface area contributed by atoms with E-state index in [9.17, 15) is 4.79 Å². The molecule has 3 N–H and O–H groups in total.